The Labute approximate surface area is 212 Å². The summed E-state index contributed by atoms with van der Waals surface area (Å²) in [5, 5.41) is 15.8. The predicted octanol–water partition coefficient (Wildman–Crippen LogP) is 5.25. The van der Waals surface area contributed by atoms with E-state index in [2.05, 4.69) is 31.6 Å². The number of nitrogens with zero attached hydrogens (tertiary/aromatic N) is 5. The van der Waals surface area contributed by atoms with Crippen molar-refractivity contribution in [3.05, 3.63) is 89.1 Å². The van der Waals surface area contributed by atoms with Crippen LogP contribution in [0.2, 0.25) is 0 Å². The van der Waals surface area contributed by atoms with Crippen LogP contribution in [0.15, 0.2) is 78.0 Å². The van der Waals surface area contributed by atoms with E-state index in [-0.39, 0.29) is 5.56 Å². The molecule has 2 N–H and O–H groups in total. The lowest BCUT2D eigenvalue weighted by molar-refractivity contribution is 0.415. The minimum absolute atomic E-state index is 0.247. The summed E-state index contributed by atoms with van der Waals surface area (Å²) < 4.78 is 6.80. The van der Waals surface area contributed by atoms with E-state index in [1.807, 2.05) is 54.6 Å². The Morgan fingerprint density at radius 2 is 1.81 bits per heavy atom. The van der Waals surface area contributed by atoms with Gasteiger partial charge in [0.25, 0.3) is 5.56 Å². The summed E-state index contributed by atoms with van der Waals surface area (Å²) in [7, 11) is 1.61. The lowest BCUT2D eigenvalue weighted by Gasteiger charge is -2.15. The number of hydrogen-bond acceptors (Lipinski definition) is 7. The molecule has 9 heteroatoms. The molecule has 5 aromatic rings. The van der Waals surface area contributed by atoms with Gasteiger partial charge in [-0.1, -0.05) is 48.5 Å². The van der Waals surface area contributed by atoms with E-state index in [9.17, 15) is 4.79 Å². The SMILES string of the molecule is COc1ccc(-c2c(Nc3cnncn3)[nH]c3c(C4=CCCCC4)c(-c4ccccc4)nn3c2=O)cc1. The number of aromatic nitrogens is 6. The highest BCUT2D eigenvalue weighted by Crippen LogP contribution is 2.37. The minimum atomic E-state index is -0.247. The van der Waals surface area contributed by atoms with Gasteiger partial charge in [0.05, 0.1) is 18.9 Å². The fourth-order valence-electron chi connectivity index (χ4n) is 4.79. The van der Waals surface area contributed by atoms with E-state index in [4.69, 9.17) is 9.84 Å². The summed E-state index contributed by atoms with van der Waals surface area (Å²) >= 11 is 0. The first-order chi connectivity index (χ1) is 18.2. The van der Waals surface area contributed by atoms with Crippen molar-refractivity contribution < 1.29 is 4.74 Å². The molecule has 2 aromatic carbocycles. The summed E-state index contributed by atoms with van der Waals surface area (Å²) in [5.74, 6) is 1.67. The van der Waals surface area contributed by atoms with Gasteiger partial charge in [-0.25, -0.2) is 4.98 Å². The van der Waals surface area contributed by atoms with Crippen molar-refractivity contribution in [3.8, 4) is 28.1 Å². The Kier molecular flexibility index (Phi) is 5.94. The van der Waals surface area contributed by atoms with E-state index in [1.54, 1.807) is 7.11 Å². The van der Waals surface area contributed by atoms with Gasteiger partial charge in [-0.15, -0.1) is 5.10 Å². The van der Waals surface area contributed by atoms with Crippen molar-refractivity contribution in [3.63, 3.8) is 0 Å². The molecule has 1 aliphatic rings. The smallest absolute Gasteiger partial charge is 0.284 e. The number of rotatable bonds is 6. The van der Waals surface area contributed by atoms with Gasteiger partial charge < -0.3 is 15.0 Å². The fraction of sp³-hybridized carbons (Fsp3) is 0.179. The number of aromatic amines is 1. The fourth-order valence-corrected chi connectivity index (χ4v) is 4.79. The summed E-state index contributed by atoms with van der Waals surface area (Å²) in [6.45, 7) is 0. The summed E-state index contributed by atoms with van der Waals surface area (Å²) in [6, 6.07) is 17.3. The Hall–Kier alpha value is -4.79. The molecule has 0 bridgehead atoms. The van der Waals surface area contributed by atoms with Crippen LogP contribution in [-0.4, -0.2) is 36.9 Å². The van der Waals surface area contributed by atoms with Crippen molar-refractivity contribution in [2.24, 2.45) is 0 Å². The molecule has 3 aromatic heterocycles. The molecular formula is C28H25N7O2. The maximum Gasteiger partial charge on any atom is 0.284 e. The van der Waals surface area contributed by atoms with E-state index in [0.29, 0.717) is 34.2 Å². The quantitative estimate of drug-likeness (QED) is 0.334. The molecule has 3 heterocycles. The zero-order chi connectivity index (χ0) is 25.2. The lowest BCUT2D eigenvalue weighted by Crippen LogP contribution is -2.20. The second-order valence-corrected chi connectivity index (χ2v) is 8.85. The van der Waals surface area contributed by atoms with Gasteiger partial charge in [0.15, 0.2) is 5.82 Å². The summed E-state index contributed by atoms with van der Waals surface area (Å²) in [6.07, 6.45) is 9.34. The molecule has 0 amide bonds. The standard InChI is InChI=1S/C28H25N7O2/c1-37-21-14-12-19(13-15-21)24-26(32-22-16-30-31-17-29-22)33-27-23(18-8-4-2-5-9-18)25(34-35(27)28(24)36)20-10-6-3-7-11-20/h3,6-8,10-17,33H,2,4-5,9H2,1H3,(H,29,31,32). The minimum Gasteiger partial charge on any atom is -0.497 e. The highest BCUT2D eigenvalue weighted by molar-refractivity contribution is 5.89. The van der Waals surface area contributed by atoms with Crippen molar-refractivity contribution in [1.29, 1.82) is 0 Å². The van der Waals surface area contributed by atoms with Crippen LogP contribution in [0.25, 0.3) is 33.6 Å². The predicted molar refractivity (Wildman–Crippen MR) is 143 cm³/mol. The molecule has 0 fully saturated rings. The van der Waals surface area contributed by atoms with Gasteiger partial charge >= 0.3 is 0 Å². The van der Waals surface area contributed by atoms with Crippen LogP contribution >= 0.6 is 0 Å². The average Bonchev–Trinajstić information content (AvgIpc) is 3.35. The molecular weight excluding hydrogens is 466 g/mol. The monoisotopic (exact) mass is 491 g/mol. The Morgan fingerprint density at radius 3 is 2.51 bits per heavy atom. The third-order valence-corrected chi connectivity index (χ3v) is 6.57. The molecule has 184 valence electrons. The lowest BCUT2D eigenvalue weighted by atomic mass is 9.92. The number of anilines is 2. The number of ether oxygens (including phenoxy) is 1. The zero-order valence-electron chi connectivity index (χ0n) is 20.3. The maximum atomic E-state index is 14.1. The van der Waals surface area contributed by atoms with Crippen molar-refractivity contribution >= 4 is 22.9 Å². The highest BCUT2D eigenvalue weighted by Gasteiger charge is 2.24. The summed E-state index contributed by atoms with van der Waals surface area (Å²) in [5.41, 5.74) is 5.42. The zero-order valence-corrected chi connectivity index (χ0v) is 20.3. The van der Waals surface area contributed by atoms with Gasteiger partial charge in [-0.2, -0.15) is 14.7 Å². The van der Waals surface area contributed by atoms with Crippen LogP contribution in [0, 0.1) is 0 Å². The van der Waals surface area contributed by atoms with Crippen molar-refractivity contribution in [2.45, 2.75) is 25.7 Å². The molecule has 0 saturated heterocycles. The van der Waals surface area contributed by atoms with Gasteiger partial charge in [-0.05, 0) is 49.0 Å². The largest absolute Gasteiger partial charge is 0.497 e. The van der Waals surface area contributed by atoms with Crippen molar-refractivity contribution in [1.82, 2.24) is 29.8 Å². The van der Waals surface area contributed by atoms with Crippen molar-refractivity contribution in [2.75, 3.05) is 12.4 Å². The summed E-state index contributed by atoms with van der Waals surface area (Å²) in [4.78, 5) is 21.9. The van der Waals surface area contributed by atoms with Gasteiger partial charge in [0.1, 0.15) is 29.2 Å². The molecule has 0 unspecified atom stereocenters. The molecule has 0 atom stereocenters. The number of allylic oxidation sites excluding steroid dienone is 2. The van der Waals surface area contributed by atoms with Crippen LogP contribution in [0.5, 0.6) is 5.75 Å². The van der Waals surface area contributed by atoms with Crippen LogP contribution < -0.4 is 15.6 Å². The first kappa shape index (κ1) is 22.7. The number of nitrogens with one attached hydrogen (secondary N) is 2. The van der Waals surface area contributed by atoms with Crippen LogP contribution in [0.1, 0.15) is 31.2 Å². The first-order valence-corrected chi connectivity index (χ1v) is 12.2. The Bertz CT molecular complexity index is 1640. The Morgan fingerprint density at radius 1 is 0.973 bits per heavy atom. The van der Waals surface area contributed by atoms with E-state index < -0.39 is 0 Å². The topological polar surface area (TPSA) is 110 Å². The van der Waals surface area contributed by atoms with E-state index in [0.717, 1.165) is 42.5 Å². The van der Waals surface area contributed by atoms with Gasteiger partial charge in [0, 0.05) is 11.1 Å². The normalized spacial score (nSPS) is 13.4. The van der Waals surface area contributed by atoms with Crippen LogP contribution in [0.4, 0.5) is 11.6 Å². The molecule has 0 saturated carbocycles. The van der Waals surface area contributed by atoms with E-state index in [1.165, 1.54) is 22.6 Å². The molecule has 0 spiro atoms. The second-order valence-electron chi connectivity index (χ2n) is 8.85. The number of benzene rings is 2. The molecule has 6 rings (SSSR count). The second kappa shape index (κ2) is 9.69. The number of H-pyrrole nitrogens is 1. The maximum absolute atomic E-state index is 14.1. The first-order valence-electron chi connectivity index (χ1n) is 12.2. The number of methoxy groups -OCH3 is 1. The Balaban J connectivity index is 1.65. The molecule has 37 heavy (non-hydrogen) atoms. The number of fused-ring (bicyclic) bond motifs is 1. The van der Waals surface area contributed by atoms with Gasteiger partial charge in [0.2, 0.25) is 0 Å². The average molecular weight is 492 g/mol. The molecule has 1 aliphatic carbocycles. The molecule has 0 radical (unpaired) electrons. The van der Waals surface area contributed by atoms with Crippen LogP contribution in [-0.2, 0) is 0 Å². The van der Waals surface area contributed by atoms with E-state index >= 15 is 0 Å². The van der Waals surface area contributed by atoms with Gasteiger partial charge in [-0.3, -0.25) is 4.79 Å². The van der Waals surface area contributed by atoms with Crippen LogP contribution in [0.3, 0.4) is 0 Å². The third-order valence-electron chi connectivity index (χ3n) is 6.57. The molecule has 0 aliphatic heterocycles. The highest BCUT2D eigenvalue weighted by atomic mass is 16.5. The molecule has 9 nitrogen and oxygen atoms in total. The number of hydrogen-bond donors (Lipinski definition) is 2. The third kappa shape index (κ3) is 4.24.